The maximum atomic E-state index is 11.9. The van der Waals surface area contributed by atoms with Crippen LogP contribution < -0.4 is 16.2 Å². The third-order valence-corrected chi connectivity index (χ3v) is 2.61. The molecule has 0 saturated carbocycles. The van der Waals surface area contributed by atoms with Gasteiger partial charge in [-0.3, -0.25) is 14.4 Å². The van der Waals surface area contributed by atoms with E-state index in [2.05, 4.69) is 20.8 Å². The molecule has 2 amide bonds. The van der Waals surface area contributed by atoms with Gasteiger partial charge in [0.2, 0.25) is 5.91 Å². The number of benzene rings is 1. The molecule has 22 heavy (non-hydrogen) atoms. The van der Waals surface area contributed by atoms with Crippen molar-refractivity contribution in [2.45, 2.75) is 0 Å². The molecule has 0 saturated heterocycles. The van der Waals surface area contributed by atoms with Crippen LogP contribution in [0.4, 0.5) is 11.4 Å². The standard InChI is InChI=1S/C14H14N4O4/c1-22-8-13(20)15-9-2-4-10(5-3-9)16-14(21)11-6-7-12(19)18-17-11/h2-7H,8H2,1H3,(H,15,20)(H,16,21)(H,18,19). The highest BCUT2D eigenvalue weighted by Crippen LogP contribution is 2.14. The van der Waals surface area contributed by atoms with Gasteiger partial charge in [0.25, 0.3) is 11.5 Å². The summed E-state index contributed by atoms with van der Waals surface area (Å²) in [5.41, 5.74) is 0.828. The van der Waals surface area contributed by atoms with Crippen LogP contribution in [0.15, 0.2) is 41.2 Å². The Labute approximate surface area is 125 Å². The minimum Gasteiger partial charge on any atom is -0.375 e. The van der Waals surface area contributed by atoms with Crippen LogP contribution in [0.5, 0.6) is 0 Å². The van der Waals surface area contributed by atoms with E-state index in [1.165, 1.54) is 19.2 Å². The van der Waals surface area contributed by atoms with Crippen LogP contribution in [0.3, 0.4) is 0 Å². The van der Waals surface area contributed by atoms with Crippen LogP contribution in [-0.4, -0.2) is 35.7 Å². The maximum Gasteiger partial charge on any atom is 0.276 e. The first-order valence-electron chi connectivity index (χ1n) is 6.34. The lowest BCUT2D eigenvalue weighted by atomic mass is 10.2. The Bertz CT molecular complexity index is 704. The van der Waals surface area contributed by atoms with Gasteiger partial charge in [-0.05, 0) is 30.3 Å². The van der Waals surface area contributed by atoms with E-state index in [-0.39, 0.29) is 23.8 Å². The molecule has 1 heterocycles. The number of methoxy groups -OCH3 is 1. The maximum absolute atomic E-state index is 11.9. The summed E-state index contributed by atoms with van der Waals surface area (Å²) in [5, 5.41) is 11.1. The molecule has 0 bridgehead atoms. The SMILES string of the molecule is COCC(=O)Nc1ccc(NC(=O)c2ccc(=O)[nH]n2)cc1. The number of carbonyl (C=O) groups excluding carboxylic acids is 2. The van der Waals surface area contributed by atoms with Gasteiger partial charge < -0.3 is 15.4 Å². The second-order valence-electron chi connectivity index (χ2n) is 4.32. The van der Waals surface area contributed by atoms with Crippen LogP contribution in [0, 0.1) is 0 Å². The molecule has 0 fully saturated rings. The zero-order valence-corrected chi connectivity index (χ0v) is 11.8. The van der Waals surface area contributed by atoms with Crippen LogP contribution in [0.25, 0.3) is 0 Å². The molecule has 8 heteroatoms. The molecular weight excluding hydrogens is 288 g/mol. The van der Waals surface area contributed by atoms with Crippen molar-refractivity contribution in [1.82, 2.24) is 10.2 Å². The van der Waals surface area contributed by atoms with E-state index in [0.29, 0.717) is 11.4 Å². The Balaban J connectivity index is 1.98. The molecule has 2 rings (SSSR count). The number of anilines is 2. The molecule has 0 unspecified atom stereocenters. The van der Waals surface area contributed by atoms with Gasteiger partial charge in [-0.15, -0.1) is 0 Å². The van der Waals surface area contributed by atoms with Gasteiger partial charge in [-0.25, -0.2) is 5.10 Å². The summed E-state index contributed by atoms with van der Waals surface area (Å²) < 4.78 is 4.71. The van der Waals surface area contributed by atoms with Gasteiger partial charge in [0.15, 0.2) is 0 Å². The lowest BCUT2D eigenvalue weighted by Gasteiger charge is -2.07. The molecule has 0 spiro atoms. The van der Waals surface area contributed by atoms with Crippen LogP contribution >= 0.6 is 0 Å². The number of H-pyrrole nitrogens is 1. The highest BCUT2D eigenvalue weighted by Gasteiger charge is 2.08. The number of nitrogens with zero attached hydrogens (tertiary/aromatic N) is 1. The number of aromatic nitrogens is 2. The summed E-state index contributed by atoms with van der Waals surface area (Å²) in [6.45, 7) is -0.0314. The smallest absolute Gasteiger partial charge is 0.276 e. The lowest BCUT2D eigenvalue weighted by Crippen LogP contribution is -2.18. The fraction of sp³-hybridized carbons (Fsp3) is 0.143. The Morgan fingerprint density at radius 1 is 1.09 bits per heavy atom. The van der Waals surface area contributed by atoms with E-state index in [1.54, 1.807) is 24.3 Å². The third kappa shape index (κ3) is 4.25. The predicted octanol–water partition coefficient (Wildman–Crippen LogP) is 0.607. The molecule has 0 aliphatic carbocycles. The van der Waals surface area contributed by atoms with E-state index in [0.717, 1.165) is 0 Å². The fourth-order valence-corrected chi connectivity index (χ4v) is 1.63. The Kier molecular flexibility index (Phi) is 4.99. The number of hydrogen-bond acceptors (Lipinski definition) is 5. The summed E-state index contributed by atoms with van der Waals surface area (Å²) in [6.07, 6.45) is 0. The number of nitrogens with one attached hydrogen (secondary N) is 3. The Hall–Kier alpha value is -3.00. The number of rotatable bonds is 5. The number of amides is 2. The van der Waals surface area contributed by atoms with Gasteiger partial charge in [-0.2, -0.15) is 5.10 Å². The summed E-state index contributed by atoms with van der Waals surface area (Å²) >= 11 is 0. The minimum atomic E-state index is -0.451. The monoisotopic (exact) mass is 302 g/mol. The first-order valence-corrected chi connectivity index (χ1v) is 6.34. The van der Waals surface area contributed by atoms with Crippen LogP contribution in [-0.2, 0) is 9.53 Å². The lowest BCUT2D eigenvalue weighted by molar-refractivity contribution is -0.119. The Morgan fingerprint density at radius 3 is 2.27 bits per heavy atom. The van der Waals surface area contributed by atoms with Gasteiger partial charge in [-0.1, -0.05) is 0 Å². The van der Waals surface area contributed by atoms with Crippen molar-refractivity contribution in [3.8, 4) is 0 Å². The fourth-order valence-electron chi connectivity index (χ4n) is 1.63. The first-order chi connectivity index (χ1) is 10.6. The van der Waals surface area contributed by atoms with E-state index < -0.39 is 5.91 Å². The molecule has 1 aromatic heterocycles. The van der Waals surface area contributed by atoms with Crippen molar-refractivity contribution >= 4 is 23.2 Å². The molecule has 2 aromatic rings. The Morgan fingerprint density at radius 2 is 1.73 bits per heavy atom. The third-order valence-electron chi connectivity index (χ3n) is 2.61. The molecule has 8 nitrogen and oxygen atoms in total. The van der Waals surface area contributed by atoms with Gasteiger partial charge in [0.05, 0.1) is 0 Å². The molecule has 0 radical (unpaired) electrons. The van der Waals surface area contributed by atoms with Crippen molar-refractivity contribution in [2.75, 3.05) is 24.4 Å². The molecule has 1 aromatic carbocycles. The van der Waals surface area contributed by atoms with E-state index in [9.17, 15) is 14.4 Å². The zero-order valence-electron chi connectivity index (χ0n) is 11.8. The van der Waals surface area contributed by atoms with Crippen molar-refractivity contribution in [3.05, 3.63) is 52.4 Å². The molecule has 3 N–H and O–H groups in total. The van der Waals surface area contributed by atoms with Crippen molar-refractivity contribution in [3.63, 3.8) is 0 Å². The van der Waals surface area contributed by atoms with E-state index in [4.69, 9.17) is 4.74 Å². The second-order valence-corrected chi connectivity index (χ2v) is 4.32. The highest BCUT2D eigenvalue weighted by molar-refractivity contribution is 6.02. The number of hydrogen-bond donors (Lipinski definition) is 3. The second kappa shape index (κ2) is 7.14. The van der Waals surface area contributed by atoms with Gasteiger partial charge in [0.1, 0.15) is 12.3 Å². The highest BCUT2D eigenvalue weighted by atomic mass is 16.5. The summed E-state index contributed by atoms with van der Waals surface area (Å²) in [6, 6.07) is 9.09. The van der Waals surface area contributed by atoms with Gasteiger partial charge >= 0.3 is 0 Å². The largest absolute Gasteiger partial charge is 0.375 e. The summed E-state index contributed by atoms with van der Waals surface area (Å²) in [7, 11) is 1.43. The van der Waals surface area contributed by atoms with E-state index in [1.807, 2.05) is 0 Å². The average molecular weight is 302 g/mol. The van der Waals surface area contributed by atoms with Crippen molar-refractivity contribution in [1.29, 1.82) is 0 Å². The summed E-state index contributed by atoms with van der Waals surface area (Å²) in [4.78, 5) is 34.1. The minimum absolute atomic E-state index is 0.0314. The molecule has 0 aliphatic heterocycles. The van der Waals surface area contributed by atoms with Crippen molar-refractivity contribution in [2.24, 2.45) is 0 Å². The number of carbonyl (C=O) groups is 2. The van der Waals surface area contributed by atoms with Gasteiger partial charge in [0, 0.05) is 24.6 Å². The quantitative estimate of drug-likeness (QED) is 0.749. The number of ether oxygens (including phenoxy) is 1. The topological polar surface area (TPSA) is 113 Å². The molecular formula is C14H14N4O4. The molecule has 114 valence electrons. The normalized spacial score (nSPS) is 10.0. The average Bonchev–Trinajstić information content (AvgIpc) is 2.50. The number of aromatic amines is 1. The molecule has 0 atom stereocenters. The van der Waals surface area contributed by atoms with E-state index >= 15 is 0 Å². The zero-order chi connectivity index (χ0) is 15.9. The summed E-state index contributed by atoms with van der Waals surface area (Å²) in [5.74, 6) is -0.718. The predicted molar refractivity (Wildman–Crippen MR) is 79.8 cm³/mol. The first kappa shape index (κ1) is 15.4. The van der Waals surface area contributed by atoms with Crippen LogP contribution in [0.1, 0.15) is 10.5 Å². The van der Waals surface area contributed by atoms with Crippen LogP contribution in [0.2, 0.25) is 0 Å². The van der Waals surface area contributed by atoms with Crippen molar-refractivity contribution < 1.29 is 14.3 Å². The molecule has 0 aliphatic rings.